The van der Waals surface area contributed by atoms with E-state index in [1.54, 1.807) is 0 Å². The van der Waals surface area contributed by atoms with Crippen molar-refractivity contribution in [2.75, 3.05) is 33.2 Å². The van der Waals surface area contributed by atoms with Crippen molar-refractivity contribution in [3.63, 3.8) is 0 Å². The Bertz CT molecular complexity index is 271. The molecule has 0 aromatic rings. The third-order valence-corrected chi connectivity index (χ3v) is 5.91. The monoisotopic (exact) mass is 267 g/mol. The molecule has 0 radical (unpaired) electrons. The summed E-state index contributed by atoms with van der Waals surface area (Å²) >= 11 is 0. The van der Waals surface area contributed by atoms with Gasteiger partial charge in [0.15, 0.2) is 0 Å². The Balaban J connectivity index is 2.01. The minimum atomic E-state index is 0.320. The van der Waals surface area contributed by atoms with Gasteiger partial charge in [0.1, 0.15) is 0 Å². The lowest BCUT2D eigenvalue weighted by molar-refractivity contribution is -0.0151. The van der Waals surface area contributed by atoms with Crippen molar-refractivity contribution in [1.29, 1.82) is 0 Å². The molecule has 0 bridgehead atoms. The van der Waals surface area contributed by atoms with Crippen LogP contribution in [-0.2, 0) is 0 Å². The first kappa shape index (κ1) is 15.3. The van der Waals surface area contributed by atoms with Gasteiger partial charge in [-0.05, 0) is 45.1 Å². The van der Waals surface area contributed by atoms with Gasteiger partial charge in [-0.3, -0.25) is 4.90 Å². The Morgan fingerprint density at radius 2 is 1.79 bits per heavy atom. The second-order valence-corrected chi connectivity index (χ2v) is 6.77. The van der Waals surface area contributed by atoms with E-state index in [9.17, 15) is 0 Å². The second-order valence-electron chi connectivity index (χ2n) is 6.77. The van der Waals surface area contributed by atoms with Crippen molar-refractivity contribution >= 4 is 0 Å². The van der Waals surface area contributed by atoms with Gasteiger partial charge in [-0.1, -0.05) is 20.3 Å². The Morgan fingerprint density at radius 3 is 2.32 bits per heavy atom. The van der Waals surface area contributed by atoms with E-state index >= 15 is 0 Å². The molecule has 1 unspecified atom stereocenters. The van der Waals surface area contributed by atoms with Crippen LogP contribution in [0.25, 0.3) is 0 Å². The van der Waals surface area contributed by atoms with Gasteiger partial charge in [-0.15, -0.1) is 0 Å². The zero-order valence-corrected chi connectivity index (χ0v) is 13.2. The fourth-order valence-electron chi connectivity index (χ4n) is 4.09. The number of rotatable bonds is 4. The highest BCUT2D eigenvalue weighted by Crippen LogP contribution is 2.38. The summed E-state index contributed by atoms with van der Waals surface area (Å²) in [6.45, 7) is 9.14. The summed E-state index contributed by atoms with van der Waals surface area (Å²) in [5.41, 5.74) is 6.54. The summed E-state index contributed by atoms with van der Waals surface area (Å²) in [6.07, 6.45) is 8.02. The van der Waals surface area contributed by atoms with Gasteiger partial charge < -0.3 is 10.6 Å². The molecular formula is C16H33N3. The van der Waals surface area contributed by atoms with Crippen LogP contribution in [0.2, 0.25) is 0 Å². The van der Waals surface area contributed by atoms with Crippen LogP contribution >= 0.6 is 0 Å². The third-order valence-electron chi connectivity index (χ3n) is 5.91. The van der Waals surface area contributed by atoms with Crippen molar-refractivity contribution < 1.29 is 0 Å². The van der Waals surface area contributed by atoms with Gasteiger partial charge in [0.05, 0.1) is 0 Å². The van der Waals surface area contributed by atoms with Crippen LogP contribution in [0.15, 0.2) is 0 Å². The first-order valence-electron chi connectivity index (χ1n) is 8.30. The molecule has 1 atom stereocenters. The quantitative estimate of drug-likeness (QED) is 0.848. The lowest BCUT2D eigenvalue weighted by Gasteiger charge is -2.52. The largest absolute Gasteiger partial charge is 0.329 e. The Labute approximate surface area is 119 Å². The molecule has 2 rings (SSSR count). The molecule has 1 saturated carbocycles. The molecule has 19 heavy (non-hydrogen) atoms. The summed E-state index contributed by atoms with van der Waals surface area (Å²) in [5, 5.41) is 0. The maximum atomic E-state index is 6.22. The average Bonchev–Trinajstić information content (AvgIpc) is 2.47. The molecule has 1 aliphatic heterocycles. The Morgan fingerprint density at radius 1 is 1.11 bits per heavy atom. The molecule has 3 nitrogen and oxygen atoms in total. The fourth-order valence-corrected chi connectivity index (χ4v) is 4.09. The highest BCUT2D eigenvalue weighted by atomic mass is 15.3. The average molecular weight is 267 g/mol. The van der Waals surface area contributed by atoms with Crippen LogP contribution < -0.4 is 5.73 Å². The molecule has 1 heterocycles. The number of nitrogens with two attached hydrogens (primary N) is 1. The maximum absolute atomic E-state index is 6.22. The van der Waals surface area contributed by atoms with Gasteiger partial charge in [0, 0.05) is 37.8 Å². The summed E-state index contributed by atoms with van der Waals surface area (Å²) in [6, 6.07) is 0.723. The van der Waals surface area contributed by atoms with E-state index in [1.807, 2.05) is 0 Å². The van der Waals surface area contributed by atoms with E-state index in [0.717, 1.165) is 18.5 Å². The number of hydrogen-bond acceptors (Lipinski definition) is 3. The third kappa shape index (κ3) is 3.14. The van der Waals surface area contributed by atoms with Gasteiger partial charge >= 0.3 is 0 Å². The summed E-state index contributed by atoms with van der Waals surface area (Å²) in [5.74, 6) is 0.953. The Hall–Kier alpha value is -0.120. The van der Waals surface area contributed by atoms with Crippen LogP contribution in [0.1, 0.15) is 52.4 Å². The maximum Gasteiger partial charge on any atom is 0.0333 e. The number of likely N-dealkylation sites (N-methyl/N-ethyl adjacent to an activating group) is 1. The van der Waals surface area contributed by atoms with Crippen LogP contribution in [0, 0.1) is 5.92 Å². The molecule has 1 saturated heterocycles. The van der Waals surface area contributed by atoms with E-state index in [4.69, 9.17) is 5.73 Å². The van der Waals surface area contributed by atoms with E-state index in [0.29, 0.717) is 5.54 Å². The van der Waals surface area contributed by atoms with Crippen LogP contribution in [0.3, 0.4) is 0 Å². The molecule has 2 aliphatic rings. The SMILES string of the molecule is CCC1CCC(CN)(N2CCN(C)C(CC)C2)CC1. The molecular weight excluding hydrogens is 234 g/mol. The summed E-state index contributed by atoms with van der Waals surface area (Å²) < 4.78 is 0. The van der Waals surface area contributed by atoms with Crippen LogP contribution in [0.4, 0.5) is 0 Å². The zero-order chi connectivity index (χ0) is 13.9. The molecule has 2 N–H and O–H groups in total. The van der Waals surface area contributed by atoms with E-state index in [2.05, 4.69) is 30.7 Å². The first-order chi connectivity index (χ1) is 9.15. The lowest BCUT2D eigenvalue weighted by Crippen LogP contribution is -2.63. The van der Waals surface area contributed by atoms with Crippen LogP contribution in [-0.4, -0.2) is 54.6 Å². The molecule has 2 fully saturated rings. The van der Waals surface area contributed by atoms with Gasteiger partial charge in [0.25, 0.3) is 0 Å². The highest BCUT2D eigenvalue weighted by Gasteiger charge is 2.41. The highest BCUT2D eigenvalue weighted by molar-refractivity contribution is 4.98. The molecule has 3 heteroatoms. The van der Waals surface area contributed by atoms with Gasteiger partial charge in [-0.25, -0.2) is 0 Å². The topological polar surface area (TPSA) is 32.5 Å². The van der Waals surface area contributed by atoms with Crippen molar-refractivity contribution in [2.45, 2.75) is 64.0 Å². The van der Waals surface area contributed by atoms with Crippen molar-refractivity contribution in [3.8, 4) is 0 Å². The molecule has 0 aromatic heterocycles. The Kier molecular flexibility index (Phi) is 5.27. The van der Waals surface area contributed by atoms with Crippen LogP contribution in [0.5, 0.6) is 0 Å². The lowest BCUT2D eigenvalue weighted by atomic mass is 9.74. The standard InChI is InChI=1S/C16H33N3/c1-4-14-6-8-16(13-17,9-7-14)19-11-10-18(3)15(5-2)12-19/h14-15H,4-13,17H2,1-3H3. The summed E-state index contributed by atoms with van der Waals surface area (Å²) in [7, 11) is 2.27. The van der Waals surface area contributed by atoms with Gasteiger partial charge in [0.2, 0.25) is 0 Å². The predicted molar refractivity (Wildman–Crippen MR) is 82.3 cm³/mol. The van der Waals surface area contributed by atoms with Crippen molar-refractivity contribution in [2.24, 2.45) is 11.7 Å². The molecule has 0 amide bonds. The summed E-state index contributed by atoms with van der Waals surface area (Å²) in [4.78, 5) is 5.27. The van der Waals surface area contributed by atoms with E-state index < -0.39 is 0 Å². The minimum Gasteiger partial charge on any atom is -0.329 e. The number of nitrogens with zero attached hydrogens (tertiary/aromatic N) is 2. The second kappa shape index (κ2) is 6.55. The van der Waals surface area contributed by atoms with Crippen molar-refractivity contribution in [3.05, 3.63) is 0 Å². The molecule has 0 spiro atoms. The minimum absolute atomic E-state index is 0.320. The fraction of sp³-hybridized carbons (Fsp3) is 1.00. The van der Waals surface area contributed by atoms with Crippen molar-refractivity contribution in [1.82, 2.24) is 9.80 Å². The van der Waals surface area contributed by atoms with Gasteiger partial charge in [-0.2, -0.15) is 0 Å². The normalized spacial score (nSPS) is 38.5. The smallest absolute Gasteiger partial charge is 0.0333 e. The molecule has 1 aliphatic carbocycles. The number of piperazine rings is 1. The number of hydrogen-bond donors (Lipinski definition) is 1. The predicted octanol–water partition coefficient (Wildman–Crippen LogP) is 2.31. The van der Waals surface area contributed by atoms with E-state index in [-0.39, 0.29) is 0 Å². The first-order valence-corrected chi connectivity index (χ1v) is 8.30. The van der Waals surface area contributed by atoms with E-state index in [1.165, 1.54) is 58.2 Å². The zero-order valence-electron chi connectivity index (χ0n) is 13.2. The molecule has 112 valence electrons. The molecule has 0 aromatic carbocycles.